The number of carbonyl (C=O) groups is 3. The summed E-state index contributed by atoms with van der Waals surface area (Å²) in [6.07, 6.45) is 0.775. The third-order valence-electron chi connectivity index (χ3n) is 4.27. The summed E-state index contributed by atoms with van der Waals surface area (Å²) in [5.74, 6) is -0.765. The molecule has 0 saturated heterocycles. The molecule has 0 aliphatic rings. The van der Waals surface area contributed by atoms with Gasteiger partial charge in [-0.05, 0) is 32.8 Å². The summed E-state index contributed by atoms with van der Waals surface area (Å²) < 4.78 is 6.46. The van der Waals surface area contributed by atoms with Crippen molar-refractivity contribution in [3.05, 3.63) is 22.5 Å². The van der Waals surface area contributed by atoms with E-state index in [1.165, 1.54) is 14.0 Å². The van der Waals surface area contributed by atoms with Crippen LogP contribution in [-0.2, 0) is 16.6 Å². The maximum atomic E-state index is 12.9. The van der Waals surface area contributed by atoms with Gasteiger partial charge in [-0.25, -0.2) is 4.79 Å². The molecule has 1 rings (SSSR count). The van der Waals surface area contributed by atoms with Crippen LogP contribution in [0.5, 0.6) is 0 Å². The molecule has 1 amide bonds. The second-order valence-electron chi connectivity index (χ2n) is 5.74. The van der Waals surface area contributed by atoms with Crippen LogP contribution in [0.3, 0.4) is 0 Å². The molecule has 1 aromatic heterocycles. The number of hydrogen-bond acceptors (Lipinski definition) is 4. The zero-order valence-electron chi connectivity index (χ0n) is 15.0. The van der Waals surface area contributed by atoms with E-state index in [0.717, 1.165) is 6.42 Å². The van der Waals surface area contributed by atoms with Crippen molar-refractivity contribution in [2.45, 2.75) is 47.1 Å². The molecule has 23 heavy (non-hydrogen) atoms. The molecule has 0 bridgehead atoms. The van der Waals surface area contributed by atoms with Crippen molar-refractivity contribution in [2.24, 2.45) is 7.05 Å². The van der Waals surface area contributed by atoms with Crippen molar-refractivity contribution in [3.8, 4) is 0 Å². The summed E-state index contributed by atoms with van der Waals surface area (Å²) in [5.41, 5.74) is 2.14. The van der Waals surface area contributed by atoms with Crippen LogP contribution < -0.4 is 0 Å². The van der Waals surface area contributed by atoms with E-state index in [1.807, 2.05) is 6.92 Å². The van der Waals surface area contributed by atoms with E-state index in [-0.39, 0.29) is 11.7 Å². The van der Waals surface area contributed by atoms with E-state index in [2.05, 4.69) is 0 Å². The first-order chi connectivity index (χ1) is 10.7. The van der Waals surface area contributed by atoms with Crippen molar-refractivity contribution >= 4 is 17.7 Å². The Bertz CT molecular complexity index is 631. The van der Waals surface area contributed by atoms with Crippen LogP contribution >= 0.6 is 0 Å². The molecular weight excluding hydrogens is 296 g/mol. The van der Waals surface area contributed by atoms with E-state index in [4.69, 9.17) is 4.74 Å². The average Bonchev–Trinajstić information content (AvgIpc) is 2.72. The normalized spacial score (nSPS) is 12.0. The summed E-state index contributed by atoms with van der Waals surface area (Å²) in [7, 11) is 3.04. The number of hydrogen-bond donors (Lipinski definition) is 0. The molecule has 0 aliphatic carbocycles. The highest BCUT2D eigenvalue weighted by molar-refractivity contribution is 6.06. The first-order valence-corrected chi connectivity index (χ1v) is 7.74. The smallest absolute Gasteiger partial charge is 0.354 e. The Morgan fingerprint density at radius 1 is 1.26 bits per heavy atom. The fraction of sp³-hybridized carbons (Fsp3) is 0.588. The van der Waals surface area contributed by atoms with E-state index >= 15 is 0 Å². The van der Waals surface area contributed by atoms with Gasteiger partial charge in [-0.15, -0.1) is 0 Å². The number of esters is 1. The van der Waals surface area contributed by atoms with Crippen molar-refractivity contribution in [3.63, 3.8) is 0 Å². The lowest BCUT2D eigenvalue weighted by Crippen LogP contribution is -2.42. The first kappa shape index (κ1) is 18.9. The minimum Gasteiger partial charge on any atom is -0.464 e. The van der Waals surface area contributed by atoms with Crippen LogP contribution in [0.25, 0.3) is 0 Å². The van der Waals surface area contributed by atoms with Crippen molar-refractivity contribution in [2.75, 3.05) is 13.7 Å². The van der Waals surface area contributed by atoms with Gasteiger partial charge in [0, 0.05) is 31.8 Å². The largest absolute Gasteiger partial charge is 0.464 e. The predicted molar refractivity (Wildman–Crippen MR) is 87.7 cm³/mol. The average molecular weight is 322 g/mol. The molecule has 0 spiro atoms. The topological polar surface area (TPSA) is 68.6 Å². The van der Waals surface area contributed by atoms with Crippen molar-refractivity contribution in [1.82, 2.24) is 9.47 Å². The van der Waals surface area contributed by atoms with Crippen LogP contribution in [0.15, 0.2) is 0 Å². The van der Waals surface area contributed by atoms with Gasteiger partial charge in [0.1, 0.15) is 5.69 Å². The third-order valence-corrected chi connectivity index (χ3v) is 4.27. The Morgan fingerprint density at radius 3 is 2.26 bits per heavy atom. The highest BCUT2D eigenvalue weighted by Gasteiger charge is 2.31. The Morgan fingerprint density at radius 2 is 1.83 bits per heavy atom. The number of aromatic nitrogens is 1. The van der Waals surface area contributed by atoms with Crippen LogP contribution in [0.2, 0.25) is 0 Å². The molecule has 1 heterocycles. The number of amides is 1. The minimum absolute atomic E-state index is 0.132. The Kier molecular flexibility index (Phi) is 6.12. The van der Waals surface area contributed by atoms with Gasteiger partial charge in [-0.1, -0.05) is 6.92 Å². The molecule has 1 atom stereocenters. The lowest BCUT2D eigenvalue weighted by atomic mass is 9.99. The van der Waals surface area contributed by atoms with Gasteiger partial charge in [0.05, 0.1) is 13.2 Å². The van der Waals surface area contributed by atoms with Crippen LogP contribution in [0.4, 0.5) is 0 Å². The number of carbonyl (C=O) groups excluding carboxylic acids is 3. The fourth-order valence-electron chi connectivity index (χ4n) is 2.94. The number of nitrogens with zero attached hydrogens (tertiary/aromatic N) is 2. The van der Waals surface area contributed by atoms with Gasteiger partial charge in [-0.3, -0.25) is 9.59 Å². The summed E-state index contributed by atoms with van der Waals surface area (Å²) in [5, 5.41) is 0. The van der Waals surface area contributed by atoms with Gasteiger partial charge < -0.3 is 14.2 Å². The predicted octanol–water partition coefficient (Wildman–Crippen LogP) is 2.26. The van der Waals surface area contributed by atoms with Gasteiger partial charge >= 0.3 is 5.97 Å². The summed E-state index contributed by atoms with van der Waals surface area (Å²) >= 11 is 0. The molecule has 0 N–H and O–H groups in total. The molecule has 0 aromatic carbocycles. The van der Waals surface area contributed by atoms with E-state index in [0.29, 0.717) is 29.1 Å². The highest BCUT2D eigenvalue weighted by Crippen LogP contribution is 2.24. The molecule has 6 heteroatoms. The van der Waals surface area contributed by atoms with Crippen LogP contribution in [0.1, 0.15) is 59.3 Å². The summed E-state index contributed by atoms with van der Waals surface area (Å²) in [4.78, 5) is 38.2. The monoisotopic (exact) mass is 322 g/mol. The number of ketones is 1. The maximum Gasteiger partial charge on any atom is 0.354 e. The molecule has 1 aromatic rings. The van der Waals surface area contributed by atoms with Crippen LogP contribution in [0, 0.1) is 13.8 Å². The zero-order valence-corrected chi connectivity index (χ0v) is 15.0. The fourth-order valence-corrected chi connectivity index (χ4v) is 2.94. The SMILES string of the molecule is CCCN(C(C)=O)[C@@H](C)C(=O)c1c(C)c(C(=O)OC)n(C)c1C. The summed E-state index contributed by atoms with van der Waals surface area (Å²) in [6.45, 7) is 9.19. The van der Waals surface area contributed by atoms with Gasteiger partial charge in [-0.2, -0.15) is 0 Å². The Hall–Kier alpha value is -2.11. The second kappa shape index (κ2) is 7.44. The Balaban J connectivity index is 3.33. The minimum atomic E-state index is -0.572. The molecule has 128 valence electrons. The standard InChI is InChI=1S/C17H26N2O4/c1-8-9-19(13(5)20)12(4)16(21)14-10(2)15(17(22)23-7)18(6)11(14)3/h12H,8-9H2,1-7H3/t12-/m0/s1. The lowest BCUT2D eigenvalue weighted by molar-refractivity contribution is -0.130. The number of methoxy groups -OCH3 is 1. The van der Waals surface area contributed by atoms with E-state index in [1.54, 1.807) is 37.3 Å². The molecule has 0 fully saturated rings. The van der Waals surface area contributed by atoms with E-state index in [9.17, 15) is 14.4 Å². The lowest BCUT2D eigenvalue weighted by Gasteiger charge is -2.27. The highest BCUT2D eigenvalue weighted by atomic mass is 16.5. The first-order valence-electron chi connectivity index (χ1n) is 7.74. The molecule has 6 nitrogen and oxygen atoms in total. The third kappa shape index (κ3) is 3.46. The van der Waals surface area contributed by atoms with Gasteiger partial charge in [0.25, 0.3) is 0 Å². The second-order valence-corrected chi connectivity index (χ2v) is 5.74. The maximum absolute atomic E-state index is 12.9. The van der Waals surface area contributed by atoms with Crippen LogP contribution in [-0.4, -0.2) is 46.8 Å². The molecule has 0 saturated carbocycles. The molecular formula is C17H26N2O4. The molecule has 0 unspecified atom stereocenters. The van der Waals surface area contributed by atoms with Crippen molar-refractivity contribution in [1.29, 1.82) is 0 Å². The summed E-state index contributed by atoms with van der Waals surface area (Å²) in [6, 6.07) is -0.572. The molecule has 0 radical (unpaired) electrons. The number of ether oxygens (including phenoxy) is 1. The number of Topliss-reactive ketones (excluding diaryl/α,β-unsaturated/α-hetero) is 1. The quantitative estimate of drug-likeness (QED) is 0.595. The zero-order chi connectivity index (χ0) is 17.9. The van der Waals surface area contributed by atoms with Gasteiger partial charge in [0.15, 0.2) is 5.78 Å². The Labute approximate surface area is 137 Å². The van der Waals surface area contributed by atoms with Gasteiger partial charge in [0.2, 0.25) is 5.91 Å². The van der Waals surface area contributed by atoms with E-state index < -0.39 is 12.0 Å². The molecule has 0 aliphatic heterocycles. The number of rotatable bonds is 6. The van der Waals surface area contributed by atoms with Crippen molar-refractivity contribution < 1.29 is 19.1 Å².